The Morgan fingerprint density at radius 3 is 2.50 bits per heavy atom. The van der Waals surface area contributed by atoms with Crippen LogP contribution in [0.25, 0.3) is 0 Å². The Hall–Kier alpha value is -2.25. The second kappa shape index (κ2) is 10.1. The number of ketones is 1. The summed E-state index contributed by atoms with van der Waals surface area (Å²) >= 11 is 0. The average Bonchev–Trinajstić information content (AvgIpc) is 3.58. The summed E-state index contributed by atoms with van der Waals surface area (Å²) in [7, 11) is 0. The fourth-order valence-corrected chi connectivity index (χ4v) is 4.10. The minimum atomic E-state index is -1.24. The molecule has 1 aliphatic heterocycles. The zero-order valence-corrected chi connectivity index (χ0v) is 19.4. The first-order valence-corrected chi connectivity index (χ1v) is 11.7. The number of halogens is 2. The summed E-state index contributed by atoms with van der Waals surface area (Å²) in [5, 5.41) is 2.89. The van der Waals surface area contributed by atoms with Gasteiger partial charge in [-0.15, -0.1) is 0 Å². The van der Waals surface area contributed by atoms with E-state index >= 15 is 0 Å². The fourth-order valence-electron chi connectivity index (χ4n) is 4.10. The van der Waals surface area contributed by atoms with Crippen molar-refractivity contribution in [3.8, 4) is 5.88 Å². The second-order valence-corrected chi connectivity index (χ2v) is 9.36. The number of nitrogens with zero attached hydrogens (tertiary/aromatic N) is 2. The highest BCUT2D eigenvalue weighted by Gasteiger charge is 2.41. The molecule has 1 aromatic heterocycles. The van der Waals surface area contributed by atoms with Gasteiger partial charge in [-0.25, -0.2) is 9.37 Å². The first kappa shape index (κ1) is 24.4. The number of aromatic nitrogens is 1. The lowest BCUT2D eigenvalue weighted by molar-refractivity contribution is -0.125. The normalized spacial score (nSPS) is 17.6. The largest absolute Gasteiger partial charge is 0.476 e. The van der Waals surface area contributed by atoms with Gasteiger partial charge in [0.25, 0.3) is 5.91 Å². The molecule has 1 N–H and O–H groups in total. The van der Waals surface area contributed by atoms with Crippen LogP contribution in [0.1, 0.15) is 76.2 Å². The van der Waals surface area contributed by atoms with Crippen molar-refractivity contribution < 1.29 is 23.1 Å². The highest BCUT2D eigenvalue weighted by Crippen LogP contribution is 2.37. The monoisotopic (exact) mass is 451 g/mol. The average molecular weight is 452 g/mol. The molecule has 1 aliphatic carbocycles. The van der Waals surface area contributed by atoms with Gasteiger partial charge in [0.15, 0.2) is 5.78 Å². The van der Waals surface area contributed by atoms with Crippen LogP contribution in [0.2, 0.25) is 0 Å². The molecule has 0 spiro atoms. The molecule has 2 heterocycles. The molecular formula is C24H35F2N3O3. The van der Waals surface area contributed by atoms with Crippen LogP contribution < -0.4 is 15.0 Å². The Morgan fingerprint density at radius 1 is 1.25 bits per heavy atom. The van der Waals surface area contributed by atoms with Crippen molar-refractivity contribution in [2.75, 3.05) is 31.3 Å². The lowest BCUT2D eigenvalue weighted by Crippen LogP contribution is -2.57. The summed E-state index contributed by atoms with van der Waals surface area (Å²) in [4.78, 5) is 32.2. The van der Waals surface area contributed by atoms with Crippen molar-refractivity contribution in [2.45, 2.75) is 76.9 Å². The third-order valence-corrected chi connectivity index (χ3v) is 6.49. The highest BCUT2D eigenvalue weighted by atomic mass is 19.1. The molecule has 2 aliphatic rings. The van der Waals surface area contributed by atoms with Gasteiger partial charge in [-0.05, 0) is 63.5 Å². The Bertz CT molecular complexity index is 815. The molecule has 1 amide bonds. The molecule has 32 heavy (non-hydrogen) atoms. The quantitative estimate of drug-likeness (QED) is 0.450. The zero-order chi connectivity index (χ0) is 23.4. The third kappa shape index (κ3) is 5.75. The van der Waals surface area contributed by atoms with Crippen molar-refractivity contribution in [3.63, 3.8) is 0 Å². The Balaban J connectivity index is 1.76. The van der Waals surface area contributed by atoms with E-state index in [-0.39, 0.29) is 31.0 Å². The van der Waals surface area contributed by atoms with Crippen LogP contribution in [0.5, 0.6) is 5.88 Å². The minimum absolute atomic E-state index is 0.0889. The number of hydrogen-bond acceptors (Lipinski definition) is 5. The van der Waals surface area contributed by atoms with E-state index in [4.69, 9.17) is 4.74 Å². The van der Waals surface area contributed by atoms with Gasteiger partial charge < -0.3 is 15.0 Å². The summed E-state index contributed by atoms with van der Waals surface area (Å²) < 4.78 is 32.4. The predicted molar refractivity (Wildman–Crippen MR) is 120 cm³/mol. The number of anilines is 1. The molecule has 0 bridgehead atoms. The van der Waals surface area contributed by atoms with Crippen LogP contribution in [0.4, 0.5) is 14.5 Å². The maximum atomic E-state index is 14.0. The van der Waals surface area contributed by atoms with Gasteiger partial charge in [-0.3, -0.25) is 14.0 Å². The number of alkyl halides is 2. The summed E-state index contributed by atoms with van der Waals surface area (Å²) in [6.45, 7) is 5.84. The smallest absolute Gasteiger partial charge is 0.270 e. The number of ether oxygens (including phenoxy) is 1. The summed E-state index contributed by atoms with van der Waals surface area (Å²) in [6.07, 6.45) is 4.13. The van der Waals surface area contributed by atoms with Gasteiger partial charge >= 0.3 is 0 Å². The second-order valence-electron chi connectivity index (χ2n) is 9.36. The van der Waals surface area contributed by atoms with Crippen molar-refractivity contribution in [2.24, 2.45) is 5.92 Å². The number of unbranched alkanes of at least 4 members (excludes halogenated alkanes) is 1. The van der Waals surface area contributed by atoms with Gasteiger partial charge in [-0.2, -0.15) is 0 Å². The minimum Gasteiger partial charge on any atom is -0.476 e. The number of rotatable bonds is 13. The molecular weight excluding hydrogens is 416 g/mol. The van der Waals surface area contributed by atoms with Gasteiger partial charge in [-0.1, -0.05) is 13.8 Å². The molecule has 1 saturated heterocycles. The number of hydrogen-bond donors (Lipinski definition) is 1. The SMILES string of the molecule is CCC(CC)(NC(=O)c1ccc(N2CC(C)(F)C2)c(OCC2CC2)n1)C(=O)CCCCF. The maximum Gasteiger partial charge on any atom is 0.270 e. The standard InChI is InChI=1S/C24H35F2N3O3/c1-4-24(5-2,20(30)8-6-7-13-25)28-21(31)18-11-12-19(29-15-23(3,26)16-29)22(27-18)32-14-17-9-10-17/h11-12,17H,4-10,13-16H2,1-3H3,(H,28,31). The van der Waals surface area contributed by atoms with Crippen LogP contribution >= 0.6 is 0 Å². The Kier molecular flexibility index (Phi) is 7.72. The molecule has 0 unspecified atom stereocenters. The topological polar surface area (TPSA) is 71.5 Å². The van der Waals surface area contributed by atoms with Gasteiger partial charge in [0.2, 0.25) is 5.88 Å². The number of carbonyl (C=O) groups excluding carboxylic acids is 2. The van der Waals surface area contributed by atoms with Crippen LogP contribution in [-0.4, -0.2) is 54.3 Å². The summed E-state index contributed by atoms with van der Waals surface area (Å²) in [5.74, 6) is 0.288. The molecule has 178 valence electrons. The lowest BCUT2D eigenvalue weighted by atomic mass is 9.85. The summed E-state index contributed by atoms with van der Waals surface area (Å²) in [6, 6.07) is 3.33. The molecule has 2 fully saturated rings. The zero-order valence-electron chi connectivity index (χ0n) is 19.4. The van der Waals surface area contributed by atoms with Crippen LogP contribution in [0, 0.1) is 5.92 Å². The van der Waals surface area contributed by atoms with E-state index in [0.29, 0.717) is 49.8 Å². The first-order chi connectivity index (χ1) is 15.2. The molecule has 1 aromatic rings. The molecule has 1 saturated carbocycles. The van der Waals surface area contributed by atoms with Crippen molar-refractivity contribution in [3.05, 3.63) is 17.8 Å². The fraction of sp³-hybridized carbons (Fsp3) is 0.708. The Morgan fingerprint density at radius 2 is 1.94 bits per heavy atom. The molecule has 8 heteroatoms. The van der Waals surface area contributed by atoms with Crippen molar-refractivity contribution >= 4 is 17.4 Å². The van der Waals surface area contributed by atoms with Crippen LogP contribution in [-0.2, 0) is 4.79 Å². The first-order valence-electron chi connectivity index (χ1n) is 11.7. The molecule has 0 atom stereocenters. The predicted octanol–water partition coefficient (Wildman–Crippen LogP) is 4.42. The van der Waals surface area contributed by atoms with Gasteiger partial charge in [0.1, 0.15) is 17.1 Å². The van der Waals surface area contributed by atoms with Crippen molar-refractivity contribution in [1.29, 1.82) is 0 Å². The maximum absolute atomic E-state index is 14.0. The highest BCUT2D eigenvalue weighted by molar-refractivity contribution is 5.99. The third-order valence-electron chi connectivity index (χ3n) is 6.49. The number of nitrogens with one attached hydrogen (secondary N) is 1. The van der Waals surface area contributed by atoms with E-state index < -0.39 is 23.8 Å². The van der Waals surface area contributed by atoms with Crippen LogP contribution in [0.3, 0.4) is 0 Å². The number of carbonyl (C=O) groups is 2. The van der Waals surface area contributed by atoms with E-state index in [9.17, 15) is 18.4 Å². The van der Waals surface area contributed by atoms with Crippen molar-refractivity contribution in [1.82, 2.24) is 10.3 Å². The molecule has 3 rings (SSSR count). The van der Waals surface area contributed by atoms with E-state index in [1.807, 2.05) is 18.7 Å². The van der Waals surface area contributed by atoms with E-state index in [1.54, 1.807) is 19.1 Å². The lowest BCUT2D eigenvalue weighted by Gasteiger charge is -2.44. The van der Waals surface area contributed by atoms with E-state index in [1.165, 1.54) is 0 Å². The number of pyridine rings is 1. The molecule has 6 nitrogen and oxygen atoms in total. The van der Waals surface area contributed by atoms with E-state index in [0.717, 1.165) is 12.8 Å². The molecule has 0 radical (unpaired) electrons. The Labute approximate surface area is 189 Å². The van der Waals surface area contributed by atoms with E-state index in [2.05, 4.69) is 10.3 Å². The number of amides is 1. The summed E-state index contributed by atoms with van der Waals surface area (Å²) in [5.41, 5.74) is -1.41. The van der Waals surface area contributed by atoms with Gasteiger partial charge in [0, 0.05) is 6.42 Å². The van der Waals surface area contributed by atoms with Gasteiger partial charge in [0.05, 0.1) is 31.9 Å². The van der Waals surface area contributed by atoms with Crippen LogP contribution in [0.15, 0.2) is 12.1 Å². The molecule has 0 aromatic carbocycles. The number of Topliss-reactive ketones (excluding diaryl/α,β-unsaturated/α-hetero) is 1.